The summed E-state index contributed by atoms with van der Waals surface area (Å²) in [6.07, 6.45) is -1.90. The molecule has 0 spiro atoms. The normalized spacial score (nSPS) is 29.4. The van der Waals surface area contributed by atoms with Gasteiger partial charge in [-0.25, -0.2) is 9.78 Å². The minimum Gasteiger partial charge on any atom is -0.455 e. The van der Waals surface area contributed by atoms with Gasteiger partial charge in [-0.15, -0.1) is 0 Å². The number of esters is 1. The highest BCUT2D eigenvalue weighted by atomic mass is 16.6. The lowest BCUT2D eigenvalue weighted by Gasteiger charge is -2.20. The predicted molar refractivity (Wildman–Crippen MR) is 66.5 cm³/mol. The number of carbonyl (C=O) groups excluding carboxylic acids is 1. The van der Waals surface area contributed by atoms with E-state index in [4.69, 9.17) is 15.2 Å². The van der Waals surface area contributed by atoms with E-state index in [2.05, 4.69) is 9.97 Å². The zero-order valence-electron chi connectivity index (χ0n) is 11.1. The second kappa shape index (κ2) is 5.55. The smallest absolute Gasteiger partial charge is 0.354 e. The highest BCUT2D eigenvalue weighted by Gasteiger charge is 2.46. The summed E-state index contributed by atoms with van der Waals surface area (Å²) in [5.41, 5.74) is 4.62. The van der Waals surface area contributed by atoms with Gasteiger partial charge in [0.1, 0.15) is 12.4 Å². The minimum absolute atomic E-state index is 0.166. The zero-order chi connectivity index (χ0) is 14.9. The number of nitrogens with zero attached hydrogens (tertiary/aromatic N) is 3. The standard InChI is InChI=1S/C11H16N4O5/c1-3-6-7(17)8(19-5(2)16)9(20-6)15-4-13-10(12)14-11(15)18/h4,6-9,17H,3H2,1-2H3,(H2,12,14,18)/t6-,7?,8?,9-/m1/s1. The van der Waals surface area contributed by atoms with Crippen molar-refractivity contribution in [2.75, 3.05) is 5.73 Å². The van der Waals surface area contributed by atoms with Crippen LogP contribution < -0.4 is 11.4 Å². The molecular weight excluding hydrogens is 268 g/mol. The van der Waals surface area contributed by atoms with Crippen LogP contribution in [0.5, 0.6) is 0 Å². The van der Waals surface area contributed by atoms with Crippen molar-refractivity contribution in [3.63, 3.8) is 0 Å². The molecule has 4 atom stereocenters. The molecule has 1 aliphatic heterocycles. The van der Waals surface area contributed by atoms with E-state index in [9.17, 15) is 14.7 Å². The van der Waals surface area contributed by atoms with Crippen molar-refractivity contribution >= 4 is 11.9 Å². The van der Waals surface area contributed by atoms with Crippen molar-refractivity contribution in [1.29, 1.82) is 0 Å². The Morgan fingerprint density at radius 2 is 2.35 bits per heavy atom. The quantitative estimate of drug-likeness (QED) is 0.663. The Morgan fingerprint density at radius 3 is 2.90 bits per heavy atom. The second-order valence-electron chi connectivity index (χ2n) is 4.44. The highest BCUT2D eigenvalue weighted by molar-refractivity contribution is 5.66. The molecule has 110 valence electrons. The molecule has 1 aliphatic rings. The van der Waals surface area contributed by atoms with E-state index < -0.39 is 36.2 Å². The third-order valence-electron chi connectivity index (χ3n) is 3.04. The first-order valence-electron chi connectivity index (χ1n) is 6.15. The first-order valence-corrected chi connectivity index (χ1v) is 6.15. The molecule has 0 radical (unpaired) electrons. The Hall–Kier alpha value is -2.00. The Morgan fingerprint density at radius 1 is 1.65 bits per heavy atom. The fraction of sp³-hybridized carbons (Fsp3) is 0.636. The summed E-state index contributed by atoms with van der Waals surface area (Å²) < 4.78 is 11.6. The largest absolute Gasteiger partial charge is 0.455 e. The molecular formula is C11H16N4O5. The fourth-order valence-electron chi connectivity index (χ4n) is 2.13. The summed E-state index contributed by atoms with van der Waals surface area (Å²) in [5, 5.41) is 10.1. The van der Waals surface area contributed by atoms with Crippen LogP contribution in [0.4, 0.5) is 5.95 Å². The molecule has 9 heteroatoms. The topological polar surface area (TPSA) is 130 Å². The summed E-state index contributed by atoms with van der Waals surface area (Å²) >= 11 is 0. The number of ether oxygens (including phenoxy) is 2. The van der Waals surface area contributed by atoms with Crippen LogP contribution in [0.3, 0.4) is 0 Å². The van der Waals surface area contributed by atoms with Crippen LogP contribution in [-0.2, 0) is 14.3 Å². The van der Waals surface area contributed by atoms with Gasteiger partial charge in [0.05, 0.1) is 6.10 Å². The van der Waals surface area contributed by atoms with Crippen molar-refractivity contribution in [2.24, 2.45) is 0 Å². The summed E-state index contributed by atoms with van der Waals surface area (Å²) in [7, 11) is 0. The van der Waals surface area contributed by atoms with Gasteiger partial charge in [-0.3, -0.25) is 9.36 Å². The van der Waals surface area contributed by atoms with Crippen LogP contribution in [-0.4, -0.2) is 43.9 Å². The summed E-state index contributed by atoms with van der Waals surface area (Å²) in [4.78, 5) is 30.1. The van der Waals surface area contributed by atoms with Gasteiger partial charge >= 0.3 is 11.7 Å². The lowest BCUT2D eigenvalue weighted by Crippen LogP contribution is -2.38. The molecule has 3 N–H and O–H groups in total. The maximum Gasteiger partial charge on any atom is 0.354 e. The van der Waals surface area contributed by atoms with Gasteiger partial charge in [-0.2, -0.15) is 4.98 Å². The molecule has 20 heavy (non-hydrogen) atoms. The predicted octanol–water partition coefficient (Wildman–Crippen LogP) is -1.18. The first-order chi connectivity index (χ1) is 9.43. The summed E-state index contributed by atoms with van der Waals surface area (Å²) in [6.45, 7) is 3.02. The molecule has 1 aromatic heterocycles. The van der Waals surface area contributed by atoms with Gasteiger partial charge in [0.2, 0.25) is 5.95 Å². The van der Waals surface area contributed by atoms with Crippen molar-refractivity contribution in [2.45, 2.75) is 44.8 Å². The lowest BCUT2D eigenvalue weighted by atomic mass is 10.1. The molecule has 0 aromatic carbocycles. The van der Waals surface area contributed by atoms with Crippen molar-refractivity contribution in [1.82, 2.24) is 14.5 Å². The van der Waals surface area contributed by atoms with Gasteiger partial charge in [-0.1, -0.05) is 6.92 Å². The number of aliphatic hydroxyl groups excluding tert-OH is 1. The number of rotatable bonds is 3. The van der Waals surface area contributed by atoms with Gasteiger partial charge in [0.25, 0.3) is 0 Å². The molecule has 0 aliphatic carbocycles. The van der Waals surface area contributed by atoms with Crippen molar-refractivity contribution in [3.05, 3.63) is 16.8 Å². The van der Waals surface area contributed by atoms with Gasteiger partial charge in [0.15, 0.2) is 12.3 Å². The molecule has 0 amide bonds. The van der Waals surface area contributed by atoms with E-state index in [0.29, 0.717) is 6.42 Å². The monoisotopic (exact) mass is 284 g/mol. The van der Waals surface area contributed by atoms with E-state index in [1.54, 1.807) is 0 Å². The average Bonchev–Trinajstić information content (AvgIpc) is 2.66. The third-order valence-corrected chi connectivity index (χ3v) is 3.04. The molecule has 2 heterocycles. The van der Waals surface area contributed by atoms with E-state index in [-0.39, 0.29) is 5.95 Å². The Labute approximate surface area is 114 Å². The van der Waals surface area contributed by atoms with Crippen LogP contribution in [0.2, 0.25) is 0 Å². The third kappa shape index (κ3) is 2.63. The number of aliphatic hydroxyl groups is 1. The molecule has 1 fully saturated rings. The van der Waals surface area contributed by atoms with Crippen LogP contribution in [0.15, 0.2) is 11.1 Å². The fourth-order valence-corrected chi connectivity index (χ4v) is 2.13. The Balaban J connectivity index is 2.36. The molecule has 2 unspecified atom stereocenters. The van der Waals surface area contributed by atoms with Crippen molar-refractivity contribution < 1.29 is 19.4 Å². The first kappa shape index (κ1) is 14.4. The molecule has 9 nitrogen and oxygen atoms in total. The Bertz CT molecular complexity index is 560. The van der Waals surface area contributed by atoms with E-state index in [1.807, 2.05) is 6.92 Å². The number of aromatic nitrogens is 3. The highest BCUT2D eigenvalue weighted by Crippen LogP contribution is 2.32. The number of hydrogen-bond acceptors (Lipinski definition) is 8. The molecule has 0 saturated carbocycles. The number of nitrogens with two attached hydrogens (primary N) is 1. The van der Waals surface area contributed by atoms with E-state index in [1.165, 1.54) is 6.92 Å². The number of carbonyl (C=O) groups is 1. The summed E-state index contributed by atoms with van der Waals surface area (Å²) in [5.74, 6) is -0.746. The average molecular weight is 284 g/mol. The zero-order valence-corrected chi connectivity index (χ0v) is 11.1. The maximum atomic E-state index is 11.8. The van der Waals surface area contributed by atoms with E-state index >= 15 is 0 Å². The lowest BCUT2D eigenvalue weighted by molar-refractivity contribution is -0.156. The van der Waals surface area contributed by atoms with Crippen LogP contribution in [0, 0.1) is 0 Å². The molecule has 1 aromatic rings. The SMILES string of the molecule is CC[C@H]1O[C@@H](n2cnc(N)nc2=O)C(OC(C)=O)C1O. The van der Waals surface area contributed by atoms with Crippen LogP contribution in [0.1, 0.15) is 26.5 Å². The number of anilines is 1. The van der Waals surface area contributed by atoms with Crippen LogP contribution >= 0.6 is 0 Å². The van der Waals surface area contributed by atoms with Gasteiger partial charge in [-0.05, 0) is 6.42 Å². The van der Waals surface area contributed by atoms with Crippen LogP contribution in [0.25, 0.3) is 0 Å². The summed E-state index contributed by atoms with van der Waals surface area (Å²) in [6, 6.07) is 0. The minimum atomic E-state index is -1.03. The maximum absolute atomic E-state index is 11.8. The van der Waals surface area contributed by atoms with Gasteiger partial charge in [0, 0.05) is 6.92 Å². The Kier molecular flexibility index (Phi) is 4.00. The number of hydrogen-bond donors (Lipinski definition) is 2. The second-order valence-corrected chi connectivity index (χ2v) is 4.44. The molecule has 2 rings (SSSR count). The van der Waals surface area contributed by atoms with Gasteiger partial charge < -0.3 is 20.3 Å². The number of nitrogen functional groups attached to an aromatic ring is 1. The molecule has 1 saturated heterocycles. The molecule has 0 bridgehead atoms. The van der Waals surface area contributed by atoms with Crippen molar-refractivity contribution in [3.8, 4) is 0 Å². The van der Waals surface area contributed by atoms with E-state index in [0.717, 1.165) is 10.9 Å².